The van der Waals surface area contributed by atoms with Gasteiger partial charge in [0.1, 0.15) is 5.70 Å². The third-order valence-electron chi connectivity index (χ3n) is 1.21. The van der Waals surface area contributed by atoms with Crippen LogP contribution in [-0.4, -0.2) is 18.8 Å². The van der Waals surface area contributed by atoms with Crippen molar-refractivity contribution in [2.24, 2.45) is 0 Å². The lowest BCUT2D eigenvalue weighted by Crippen LogP contribution is -3.06. The highest BCUT2D eigenvalue weighted by atomic mass is 16.7. The quantitative estimate of drug-likeness (QED) is 0.430. The van der Waals surface area contributed by atoms with E-state index in [1.807, 2.05) is 0 Å². The maximum atomic E-state index is 10.7. The molecule has 4 heteroatoms. The summed E-state index contributed by atoms with van der Waals surface area (Å²) in [7, 11) is 1.76. The van der Waals surface area contributed by atoms with E-state index < -0.39 is 0 Å². The Morgan fingerprint density at radius 2 is 2.56 bits per heavy atom. The van der Waals surface area contributed by atoms with Gasteiger partial charge in [0.25, 0.3) is 0 Å². The third kappa shape index (κ3) is 1.41. The predicted octanol–water partition coefficient (Wildman–Crippen LogP) is -0.935. The summed E-state index contributed by atoms with van der Waals surface area (Å²) in [4.78, 5) is 4.87. The van der Waals surface area contributed by atoms with Crippen molar-refractivity contribution >= 4 is 0 Å². The molecule has 0 bridgehead atoms. The van der Waals surface area contributed by atoms with Crippen LogP contribution in [0.3, 0.4) is 0 Å². The zero-order valence-corrected chi connectivity index (χ0v) is 5.55. The van der Waals surface area contributed by atoms with Gasteiger partial charge in [0.2, 0.25) is 6.73 Å². The van der Waals surface area contributed by atoms with E-state index in [9.17, 15) is 5.21 Å². The molecule has 9 heavy (non-hydrogen) atoms. The molecule has 0 radical (unpaired) electrons. The molecule has 0 spiro atoms. The molecule has 0 aliphatic carbocycles. The molecule has 0 saturated carbocycles. The number of nitrogens with zero attached hydrogens (tertiary/aromatic N) is 1. The Kier molecular flexibility index (Phi) is 1.70. The number of rotatable bonds is 0. The maximum Gasteiger partial charge on any atom is 0.210 e. The van der Waals surface area contributed by atoms with Crippen molar-refractivity contribution in [3.05, 3.63) is 17.1 Å². The van der Waals surface area contributed by atoms with Gasteiger partial charge in [0.15, 0.2) is 0 Å². The monoisotopic (exact) mass is 130 g/mol. The molecule has 0 fully saturated rings. The molecule has 0 saturated heterocycles. The molecule has 1 aliphatic heterocycles. The van der Waals surface area contributed by atoms with E-state index in [1.165, 1.54) is 5.06 Å². The average Bonchev–Trinajstić information content (AvgIpc) is 1.80. The predicted molar refractivity (Wildman–Crippen MR) is 31.8 cm³/mol. The Labute approximate surface area is 53.8 Å². The van der Waals surface area contributed by atoms with Crippen LogP contribution in [-0.2, 0) is 4.84 Å². The number of hydrogen-bond donors (Lipinski definition) is 1. The van der Waals surface area contributed by atoms with Gasteiger partial charge < -0.3 is 10.3 Å². The molecule has 1 N–H and O–H groups in total. The van der Waals surface area contributed by atoms with Gasteiger partial charge in [-0.1, -0.05) is 0 Å². The topological polar surface area (TPSA) is 40.0 Å². The summed E-state index contributed by atoms with van der Waals surface area (Å²) < 4.78 is 0. The molecule has 1 heterocycles. The number of hydrogen-bond acceptors (Lipinski definition) is 3. The second kappa shape index (κ2) is 2.34. The normalized spacial score (nSPS) is 28.1. The van der Waals surface area contributed by atoms with E-state index in [-0.39, 0.29) is 11.8 Å². The Bertz CT molecular complexity index is 135. The lowest BCUT2D eigenvalue weighted by atomic mass is 10.5. The van der Waals surface area contributed by atoms with Gasteiger partial charge in [0.05, 0.1) is 6.20 Å². The molecule has 1 unspecified atom stereocenters. The molecular weight excluding hydrogens is 120 g/mol. The van der Waals surface area contributed by atoms with Crippen LogP contribution in [0.15, 0.2) is 11.9 Å². The molecular formula is C5H10N2O2. The lowest BCUT2D eigenvalue weighted by Gasteiger charge is -2.29. The summed E-state index contributed by atoms with van der Waals surface area (Å²) in [5, 5.41) is 12.3. The zero-order valence-electron chi connectivity index (χ0n) is 5.55. The van der Waals surface area contributed by atoms with Crippen LogP contribution in [0, 0.1) is 5.21 Å². The fourth-order valence-electron chi connectivity index (χ4n) is 0.656. The number of allylic oxidation sites excluding steroid dienone is 1. The zero-order chi connectivity index (χ0) is 6.85. The van der Waals surface area contributed by atoms with Gasteiger partial charge in [-0.25, -0.2) is 4.84 Å². The summed E-state index contributed by atoms with van der Waals surface area (Å²) in [6.07, 6.45) is 1.67. The van der Waals surface area contributed by atoms with Gasteiger partial charge in [0, 0.05) is 14.0 Å². The van der Waals surface area contributed by atoms with Crippen LogP contribution >= 0.6 is 0 Å². The first-order valence-corrected chi connectivity index (χ1v) is 2.77. The Balaban J connectivity index is 2.61. The number of nitrogens with one attached hydrogen (secondary N) is 1. The van der Waals surface area contributed by atoms with E-state index in [2.05, 4.69) is 0 Å². The summed E-state index contributed by atoms with van der Waals surface area (Å²) in [5.74, 6) is 0. The van der Waals surface area contributed by atoms with Crippen molar-refractivity contribution in [2.45, 2.75) is 6.92 Å². The van der Waals surface area contributed by atoms with Gasteiger partial charge in [-0.3, -0.25) is 5.06 Å². The average molecular weight is 130 g/mol. The summed E-state index contributed by atoms with van der Waals surface area (Å²) in [5.41, 5.74) is 0.753. The van der Waals surface area contributed by atoms with E-state index in [0.717, 1.165) is 5.70 Å². The van der Waals surface area contributed by atoms with Crippen molar-refractivity contribution in [1.82, 2.24) is 5.06 Å². The minimum absolute atomic E-state index is 0.0631. The van der Waals surface area contributed by atoms with Crippen molar-refractivity contribution in [3.63, 3.8) is 0 Å². The first-order chi connectivity index (χ1) is 4.20. The Morgan fingerprint density at radius 3 is 3.00 bits per heavy atom. The second-order valence-electron chi connectivity index (χ2n) is 2.05. The van der Waals surface area contributed by atoms with E-state index in [4.69, 9.17) is 4.84 Å². The minimum Gasteiger partial charge on any atom is -0.627 e. The molecule has 52 valence electrons. The fourth-order valence-corrected chi connectivity index (χ4v) is 0.656. The Morgan fingerprint density at radius 1 is 1.89 bits per heavy atom. The van der Waals surface area contributed by atoms with Crippen molar-refractivity contribution < 1.29 is 9.90 Å². The van der Waals surface area contributed by atoms with Gasteiger partial charge in [-0.2, -0.15) is 0 Å². The summed E-state index contributed by atoms with van der Waals surface area (Å²) in [6, 6.07) is 0. The van der Waals surface area contributed by atoms with Crippen LogP contribution < -0.4 is 5.06 Å². The maximum absolute atomic E-state index is 10.7. The molecule has 0 amide bonds. The third-order valence-corrected chi connectivity index (χ3v) is 1.21. The number of quaternary nitrogens is 1. The van der Waals surface area contributed by atoms with Crippen LogP contribution in [0.4, 0.5) is 0 Å². The van der Waals surface area contributed by atoms with E-state index >= 15 is 0 Å². The largest absolute Gasteiger partial charge is 0.627 e. The van der Waals surface area contributed by atoms with Crippen LogP contribution in [0.5, 0.6) is 0 Å². The van der Waals surface area contributed by atoms with E-state index in [0.29, 0.717) is 0 Å². The molecule has 1 aliphatic rings. The minimum atomic E-state index is 0.0631. The molecule has 0 aromatic heterocycles. The van der Waals surface area contributed by atoms with Crippen molar-refractivity contribution in [3.8, 4) is 0 Å². The summed E-state index contributed by atoms with van der Waals surface area (Å²) >= 11 is 0. The van der Waals surface area contributed by atoms with Crippen LogP contribution in [0.25, 0.3) is 0 Å². The summed E-state index contributed by atoms with van der Waals surface area (Å²) in [6.45, 7) is 1.96. The number of hydroxylamine groups is 4. The Hall–Kier alpha value is -0.580. The molecule has 4 nitrogen and oxygen atoms in total. The van der Waals surface area contributed by atoms with Crippen molar-refractivity contribution in [1.29, 1.82) is 0 Å². The first-order valence-electron chi connectivity index (χ1n) is 2.77. The van der Waals surface area contributed by atoms with Crippen LogP contribution in [0.1, 0.15) is 6.92 Å². The molecule has 0 aromatic carbocycles. The smallest absolute Gasteiger partial charge is 0.210 e. The van der Waals surface area contributed by atoms with E-state index in [1.54, 1.807) is 20.2 Å². The second-order valence-corrected chi connectivity index (χ2v) is 2.05. The standard InChI is InChI=1S/C5H10N2O2/c1-5-3-6(2)9-4-7(5)8/h3,7H,4H2,1-2H3. The lowest BCUT2D eigenvalue weighted by molar-refractivity contribution is -0.843. The van der Waals surface area contributed by atoms with Gasteiger partial charge >= 0.3 is 0 Å². The van der Waals surface area contributed by atoms with Crippen LogP contribution in [0.2, 0.25) is 0 Å². The first kappa shape index (κ1) is 6.54. The fraction of sp³-hybridized carbons (Fsp3) is 0.600. The van der Waals surface area contributed by atoms with Gasteiger partial charge in [-0.15, -0.1) is 0 Å². The highest BCUT2D eigenvalue weighted by Gasteiger charge is 2.09. The highest BCUT2D eigenvalue weighted by Crippen LogP contribution is 1.92. The highest BCUT2D eigenvalue weighted by molar-refractivity contribution is 4.83. The molecule has 1 rings (SSSR count). The molecule has 0 aromatic rings. The van der Waals surface area contributed by atoms with Crippen molar-refractivity contribution in [2.75, 3.05) is 13.8 Å². The van der Waals surface area contributed by atoms with Gasteiger partial charge in [-0.05, 0) is 0 Å². The SMILES string of the molecule is CC1=CN(C)OC[NH+]1[O-]. The molecule has 1 atom stereocenters.